The van der Waals surface area contributed by atoms with Gasteiger partial charge in [0.2, 0.25) is 5.52 Å². The van der Waals surface area contributed by atoms with Crippen LogP contribution >= 0.6 is 0 Å². The van der Waals surface area contributed by atoms with Gasteiger partial charge in [-0.25, -0.2) is 4.63 Å². The molecule has 3 N–H and O–H groups in total. The Bertz CT molecular complexity index is 877. The number of hydrogen-bond acceptors (Lipinski definition) is 8. The first-order valence-electron chi connectivity index (χ1n) is 6.70. The molecule has 0 spiro atoms. The molecule has 0 fully saturated rings. The number of rotatable bonds is 5. The fraction of sp³-hybridized carbons (Fsp3) is 0.143. The molecule has 0 amide bonds. The second-order valence-electron chi connectivity index (χ2n) is 4.85. The van der Waals surface area contributed by atoms with Crippen LogP contribution in [-0.4, -0.2) is 32.0 Å². The van der Waals surface area contributed by atoms with Crippen molar-refractivity contribution in [2.45, 2.75) is 6.42 Å². The average molecular weight is 316 g/mol. The lowest BCUT2D eigenvalue weighted by atomic mass is 10.1. The number of hydrogen-bond donors (Lipinski definition) is 3. The van der Waals surface area contributed by atoms with Gasteiger partial charge in [0, 0.05) is 12.6 Å². The maximum atomic E-state index is 10.9. The highest BCUT2D eigenvalue weighted by Gasteiger charge is 2.19. The van der Waals surface area contributed by atoms with E-state index in [1.54, 1.807) is 12.1 Å². The lowest BCUT2D eigenvalue weighted by molar-refractivity contribution is -0.383. The molecule has 0 aliphatic rings. The van der Waals surface area contributed by atoms with Crippen LogP contribution in [0.25, 0.3) is 11.0 Å². The smallest absolute Gasteiger partial charge is 0.300 e. The van der Waals surface area contributed by atoms with Crippen LogP contribution in [0.15, 0.2) is 35.0 Å². The van der Waals surface area contributed by atoms with Gasteiger partial charge in [0.15, 0.2) is 17.0 Å². The number of anilines is 1. The van der Waals surface area contributed by atoms with Gasteiger partial charge in [-0.15, -0.1) is 0 Å². The minimum atomic E-state index is -0.546. The number of nitrogens with one attached hydrogen (secondary N) is 1. The fourth-order valence-electron chi connectivity index (χ4n) is 2.21. The molecule has 9 nitrogen and oxygen atoms in total. The van der Waals surface area contributed by atoms with Gasteiger partial charge in [0.05, 0.1) is 10.6 Å². The molecule has 0 aliphatic carbocycles. The van der Waals surface area contributed by atoms with Crippen molar-refractivity contribution in [3.05, 3.63) is 46.0 Å². The van der Waals surface area contributed by atoms with Crippen LogP contribution in [0.1, 0.15) is 5.56 Å². The van der Waals surface area contributed by atoms with E-state index < -0.39 is 4.92 Å². The van der Waals surface area contributed by atoms with Gasteiger partial charge in [-0.2, -0.15) is 0 Å². The first-order valence-corrected chi connectivity index (χ1v) is 6.70. The molecule has 23 heavy (non-hydrogen) atoms. The van der Waals surface area contributed by atoms with Gasteiger partial charge in [-0.05, 0) is 40.5 Å². The summed E-state index contributed by atoms with van der Waals surface area (Å²) in [5.41, 5.74) is 1.59. The van der Waals surface area contributed by atoms with Crippen LogP contribution in [-0.2, 0) is 6.42 Å². The Labute approximate surface area is 129 Å². The molecule has 0 saturated heterocycles. The Morgan fingerprint density at radius 3 is 2.65 bits per heavy atom. The van der Waals surface area contributed by atoms with Crippen molar-refractivity contribution in [2.75, 3.05) is 11.9 Å². The Morgan fingerprint density at radius 1 is 1.13 bits per heavy atom. The van der Waals surface area contributed by atoms with E-state index in [0.717, 1.165) is 5.56 Å². The summed E-state index contributed by atoms with van der Waals surface area (Å²) in [4.78, 5) is 10.4. The SMILES string of the molecule is O=[N+]([O-])c1ccc(NCCc2ccc(O)c(O)c2)c2nonc12. The quantitative estimate of drug-likeness (QED) is 0.370. The molecule has 2 aromatic carbocycles. The summed E-state index contributed by atoms with van der Waals surface area (Å²) in [6, 6.07) is 7.45. The van der Waals surface area contributed by atoms with Crippen molar-refractivity contribution in [2.24, 2.45) is 0 Å². The summed E-state index contributed by atoms with van der Waals surface area (Å²) in [7, 11) is 0. The van der Waals surface area contributed by atoms with Crippen LogP contribution in [0.4, 0.5) is 11.4 Å². The molecular weight excluding hydrogens is 304 g/mol. The van der Waals surface area contributed by atoms with Crippen molar-refractivity contribution in [1.82, 2.24) is 10.3 Å². The number of nitrogens with zero attached hydrogens (tertiary/aromatic N) is 3. The maximum absolute atomic E-state index is 10.9. The third kappa shape index (κ3) is 2.84. The van der Waals surface area contributed by atoms with E-state index in [4.69, 9.17) is 0 Å². The molecule has 0 atom stereocenters. The second kappa shape index (κ2) is 5.79. The van der Waals surface area contributed by atoms with Crippen molar-refractivity contribution >= 4 is 22.4 Å². The molecule has 3 rings (SSSR count). The van der Waals surface area contributed by atoms with E-state index in [0.29, 0.717) is 18.7 Å². The van der Waals surface area contributed by atoms with Gasteiger partial charge in [-0.3, -0.25) is 10.1 Å². The largest absolute Gasteiger partial charge is 0.504 e. The lowest BCUT2D eigenvalue weighted by Gasteiger charge is -2.07. The zero-order valence-corrected chi connectivity index (χ0v) is 11.8. The van der Waals surface area contributed by atoms with Crippen molar-refractivity contribution in [1.29, 1.82) is 0 Å². The Morgan fingerprint density at radius 2 is 1.91 bits per heavy atom. The molecule has 118 valence electrons. The third-order valence-electron chi connectivity index (χ3n) is 3.36. The highest BCUT2D eigenvalue weighted by molar-refractivity contribution is 5.93. The predicted molar refractivity (Wildman–Crippen MR) is 80.4 cm³/mol. The molecule has 9 heteroatoms. The van der Waals surface area contributed by atoms with E-state index in [1.165, 1.54) is 18.2 Å². The number of aromatic nitrogens is 2. The molecule has 0 unspecified atom stereocenters. The number of aromatic hydroxyl groups is 2. The standard InChI is InChI=1S/C14H12N4O5/c19-11-4-1-8(7-12(11)20)5-6-15-9-2-3-10(18(21)22)14-13(9)16-23-17-14/h1-4,7,15,19-20H,5-6H2. The molecular formula is C14H12N4O5. The number of nitro benzene ring substituents is 1. The molecule has 0 bridgehead atoms. The Hall–Kier alpha value is -3.36. The van der Waals surface area contributed by atoms with Crippen LogP contribution in [0.2, 0.25) is 0 Å². The molecule has 0 radical (unpaired) electrons. The summed E-state index contributed by atoms with van der Waals surface area (Å²) < 4.78 is 4.58. The van der Waals surface area contributed by atoms with Crippen molar-refractivity contribution < 1.29 is 19.8 Å². The van der Waals surface area contributed by atoms with Crippen LogP contribution in [0.5, 0.6) is 11.5 Å². The highest BCUT2D eigenvalue weighted by atomic mass is 16.6. The normalized spacial score (nSPS) is 10.8. The van der Waals surface area contributed by atoms with Crippen molar-refractivity contribution in [3.8, 4) is 11.5 Å². The third-order valence-corrected chi connectivity index (χ3v) is 3.36. The van der Waals surface area contributed by atoms with Gasteiger partial charge in [-0.1, -0.05) is 6.07 Å². The van der Waals surface area contributed by atoms with E-state index in [1.807, 2.05) is 0 Å². The number of fused-ring (bicyclic) bond motifs is 1. The van der Waals surface area contributed by atoms with Crippen LogP contribution in [0, 0.1) is 10.1 Å². The summed E-state index contributed by atoms with van der Waals surface area (Å²) >= 11 is 0. The monoisotopic (exact) mass is 316 g/mol. The Kier molecular flexibility index (Phi) is 3.67. The molecule has 1 aromatic heterocycles. The number of benzene rings is 2. The topological polar surface area (TPSA) is 135 Å². The summed E-state index contributed by atoms with van der Waals surface area (Å²) in [6.07, 6.45) is 0.567. The van der Waals surface area contributed by atoms with Crippen LogP contribution in [0.3, 0.4) is 0 Å². The number of nitro groups is 1. The first-order chi connectivity index (χ1) is 11.1. The average Bonchev–Trinajstić information content (AvgIpc) is 3.00. The van der Waals surface area contributed by atoms with E-state index in [-0.39, 0.29) is 28.2 Å². The van der Waals surface area contributed by atoms with Crippen LogP contribution < -0.4 is 5.32 Å². The van der Waals surface area contributed by atoms with E-state index >= 15 is 0 Å². The van der Waals surface area contributed by atoms with E-state index in [2.05, 4.69) is 20.3 Å². The maximum Gasteiger partial charge on any atom is 0.300 e. The molecule has 3 aromatic rings. The highest BCUT2D eigenvalue weighted by Crippen LogP contribution is 2.29. The fourth-order valence-corrected chi connectivity index (χ4v) is 2.21. The van der Waals surface area contributed by atoms with Crippen molar-refractivity contribution in [3.63, 3.8) is 0 Å². The summed E-state index contributed by atoms with van der Waals surface area (Å²) in [6.45, 7) is 0.490. The van der Waals surface area contributed by atoms with Gasteiger partial charge < -0.3 is 15.5 Å². The van der Waals surface area contributed by atoms with Gasteiger partial charge in [0.25, 0.3) is 0 Å². The zero-order chi connectivity index (χ0) is 16.4. The predicted octanol–water partition coefficient (Wildman–Crippen LogP) is 2.20. The number of phenols is 2. The first kappa shape index (κ1) is 14.6. The Balaban J connectivity index is 1.75. The van der Waals surface area contributed by atoms with Gasteiger partial charge in [0.1, 0.15) is 0 Å². The summed E-state index contributed by atoms with van der Waals surface area (Å²) in [5, 5.41) is 40.0. The lowest BCUT2D eigenvalue weighted by Crippen LogP contribution is -2.05. The zero-order valence-electron chi connectivity index (χ0n) is 11.8. The number of non-ortho nitro benzene ring substituents is 1. The summed E-state index contributed by atoms with van der Waals surface area (Å²) in [5.74, 6) is -0.353. The molecule has 0 aliphatic heterocycles. The second-order valence-corrected chi connectivity index (χ2v) is 4.85. The molecule has 0 saturated carbocycles. The minimum Gasteiger partial charge on any atom is -0.504 e. The molecule has 1 heterocycles. The van der Waals surface area contributed by atoms with E-state index in [9.17, 15) is 20.3 Å². The van der Waals surface area contributed by atoms with Gasteiger partial charge >= 0.3 is 5.69 Å². The minimum absolute atomic E-state index is 0.0854. The number of phenolic OH excluding ortho intramolecular Hbond substituents is 2.